The fourth-order valence-corrected chi connectivity index (χ4v) is 6.63. The molecule has 1 aromatic rings. The zero-order valence-electron chi connectivity index (χ0n) is 18.4. The molecule has 32 heavy (non-hydrogen) atoms. The van der Waals surface area contributed by atoms with Gasteiger partial charge in [-0.15, -0.1) is 11.8 Å². The third-order valence-corrected chi connectivity index (χ3v) is 8.83. The highest BCUT2D eigenvalue weighted by Gasteiger charge is 2.78. The standard InChI is InChI=1S/C24H29N3O4S/c1-14-6-8-16(9-7-14)27(11-10-15-4-3-5-17(12-15)31-2)23(30)26-22-19-18(13-25-22)32-24(19)20(28)21(24)29/h3-5,12-14,16,19-20,28H,6-11H2,1-2H3,(H,25,26,30)/t14-,16-,19?,20?,24?. The third kappa shape index (κ3) is 3.53. The normalized spacial score (nSPS) is 32.5. The van der Waals surface area contributed by atoms with E-state index in [1.54, 1.807) is 13.3 Å². The number of nitrogens with zero attached hydrogens (tertiary/aromatic N) is 2. The number of amidine groups is 1. The highest BCUT2D eigenvalue weighted by Crippen LogP contribution is 2.67. The Morgan fingerprint density at radius 2 is 2.09 bits per heavy atom. The van der Waals surface area contributed by atoms with E-state index < -0.39 is 10.9 Å². The van der Waals surface area contributed by atoms with Gasteiger partial charge in [0, 0.05) is 23.7 Å². The number of aliphatic imine (C=N–C) groups is 1. The molecule has 4 aliphatic rings. The maximum atomic E-state index is 13.4. The molecule has 2 aliphatic carbocycles. The summed E-state index contributed by atoms with van der Waals surface area (Å²) >= 11 is 1.38. The van der Waals surface area contributed by atoms with E-state index in [4.69, 9.17) is 4.74 Å². The van der Waals surface area contributed by atoms with Crippen LogP contribution in [0.3, 0.4) is 0 Å². The van der Waals surface area contributed by atoms with Crippen molar-refractivity contribution in [2.75, 3.05) is 13.7 Å². The van der Waals surface area contributed by atoms with Crippen LogP contribution in [0.5, 0.6) is 5.75 Å². The number of methoxy groups -OCH3 is 1. The van der Waals surface area contributed by atoms with Crippen molar-refractivity contribution in [3.8, 4) is 5.75 Å². The molecule has 2 heterocycles. The van der Waals surface area contributed by atoms with E-state index in [1.807, 2.05) is 29.2 Å². The summed E-state index contributed by atoms with van der Waals surface area (Å²) < 4.78 is 4.51. The van der Waals surface area contributed by atoms with Crippen molar-refractivity contribution in [2.45, 2.75) is 55.9 Å². The molecule has 1 spiro atoms. The fourth-order valence-electron chi connectivity index (χ4n) is 5.17. The van der Waals surface area contributed by atoms with Crippen LogP contribution >= 0.6 is 11.8 Å². The van der Waals surface area contributed by atoms with Gasteiger partial charge in [0.25, 0.3) is 0 Å². The number of hydrogen-bond acceptors (Lipinski definition) is 6. The van der Waals surface area contributed by atoms with Gasteiger partial charge < -0.3 is 14.7 Å². The number of benzene rings is 1. The molecule has 3 unspecified atom stereocenters. The van der Waals surface area contributed by atoms with Gasteiger partial charge in [-0.1, -0.05) is 19.1 Å². The molecule has 8 heteroatoms. The SMILES string of the molecule is COc1cccc(CCN(C(=O)NC2=NC=C3SC4(C(=O)C4O)C32)[C@H]2CC[C@H](C)CC2)c1. The highest BCUT2D eigenvalue weighted by molar-refractivity contribution is 8.07. The molecule has 3 atom stereocenters. The molecule has 1 saturated heterocycles. The van der Waals surface area contributed by atoms with Crippen LogP contribution in [0, 0.1) is 11.8 Å². The lowest BCUT2D eigenvalue weighted by Gasteiger charge is -2.38. The Balaban J connectivity index is 1.29. The molecule has 5 rings (SSSR count). The number of amides is 2. The Hall–Kier alpha value is -2.32. The van der Waals surface area contributed by atoms with Crippen molar-refractivity contribution in [3.63, 3.8) is 0 Å². The molecule has 2 amide bonds. The van der Waals surface area contributed by atoms with Gasteiger partial charge >= 0.3 is 6.03 Å². The number of thioether (sulfide) groups is 1. The van der Waals surface area contributed by atoms with Gasteiger partial charge in [-0.2, -0.15) is 0 Å². The highest BCUT2D eigenvalue weighted by atomic mass is 32.2. The lowest BCUT2D eigenvalue weighted by atomic mass is 9.86. The first kappa shape index (κ1) is 21.5. The Morgan fingerprint density at radius 3 is 2.78 bits per heavy atom. The van der Waals surface area contributed by atoms with E-state index >= 15 is 0 Å². The summed E-state index contributed by atoms with van der Waals surface area (Å²) in [5.41, 5.74) is 1.12. The third-order valence-electron chi connectivity index (χ3n) is 7.26. The first-order chi connectivity index (χ1) is 15.4. The molecule has 3 fully saturated rings. The number of carbonyl (C=O) groups excluding carboxylic acids is 2. The molecule has 2 N–H and O–H groups in total. The largest absolute Gasteiger partial charge is 0.497 e. The number of aliphatic hydroxyl groups is 1. The average Bonchev–Trinajstić information content (AvgIpc) is 3.16. The van der Waals surface area contributed by atoms with E-state index in [0.717, 1.165) is 48.3 Å². The minimum Gasteiger partial charge on any atom is -0.497 e. The first-order valence-electron chi connectivity index (χ1n) is 11.3. The van der Waals surface area contributed by atoms with Gasteiger partial charge in [0.05, 0.1) is 13.0 Å². The summed E-state index contributed by atoms with van der Waals surface area (Å²) in [6, 6.07) is 7.95. The molecular weight excluding hydrogens is 426 g/mol. The van der Waals surface area contributed by atoms with E-state index in [2.05, 4.69) is 17.2 Å². The Bertz CT molecular complexity index is 1000. The number of rotatable bonds is 5. The number of ether oxygens (including phenoxy) is 1. The number of fused-ring (bicyclic) bond motifs is 2. The van der Waals surface area contributed by atoms with Crippen LogP contribution < -0.4 is 10.1 Å². The van der Waals surface area contributed by atoms with Crippen molar-refractivity contribution in [2.24, 2.45) is 16.8 Å². The number of carbonyl (C=O) groups is 2. The smallest absolute Gasteiger partial charge is 0.323 e. The minimum absolute atomic E-state index is 0.162. The lowest BCUT2D eigenvalue weighted by molar-refractivity contribution is -0.113. The van der Waals surface area contributed by atoms with E-state index in [0.29, 0.717) is 18.3 Å². The first-order valence-corrected chi connectivity index (χ1v) is 12.2. The summed E-state index contributed by atoms with van der Waals surface area (Å²) in [7, 11) is 1.65. The van der Waals surface area contributed by atoms with Crippen LogP contribution in [-0.4, -0.2) is 58.2 Å². The minimum atomic E-state index is -0.959. The number of hydrogen-bond donors (Lipinski definition) is 2. The van der Waals surface area contributed by atoms with Crippen LogP contribution in [-0.2, 0) is 11.2 Å². The molecule has 0 bridgehead atoms. The van der Waals surface area contributed by atoms with Gasteiger partial charge in [0.15, 0.2) is 5.78 Å². The number of aliphatic hydroxyl groups excluding tert-OH is 1. The van der Waals surface area contributed by atoms with Crippen molar-refractivity contribution >= 4 is 29.4 Å². The molecule has 2 saturated carbocycles. The monoisotopic (exact) mass is 455 g/mol. The molecule has 1 aromatic carbocycles. The lowest BCUT2D eigenvalue weighted by Crippen LogP contribution is -2.53. The zero-order chi connectivity index (χ0) is 22.5. The predicted molar refractivity (Wildman–Crippen MR) is 124 cm³/mol. The van der Waals surface area contributed by atoms with Crippen molar-refractivity contribution < 1.29 is 19.4 Å². The fraction of sp³-hybridized carbons (Fsp3) is 0.542. The summed E-state index contributed by atoms with van der Waals surface area (Å²) in [5, 5.41) is 13.0. The molecular formula is C24H29N3O4S. The van der Waals surface area contributed by atoms with Crippen LogP contribution in [0.2, 0.25) is 0 Å². The Kier molecular flexibility index (Phi) is 5.53. The number of ketones is 1. The van der Waals surface area contributed by atoms with E-state index in [1.165, 1.54) is 11.8 Å². The van der Waals surface area contributed by atoms with Crippen molar-refractivity contribution in [1.82, 2.24) is 10.2 Å². The summed E-state index contributed by atoms with van der Waals surface area (Å²) in [5.74, 6) is 1.53. The van der Waals surface area contributed by atoms with Crippen LogP contribution in [0.1, 0.15) is 38.2 Å². The van der Waals surface area contributed by atoms with Crippen molar-refractivity contribution in [3.05, 3.63) is 40.9 Å². The van der Waals surface area contributed by atoms with Crippen LogP contribution in [0.4, 0.5) is 4.79 Å². The van der Waals surface area contributed by atoms with Gasteiger partial charge in [-0.3, -0.25) is 10.1 Å². The number of Topliss-reactive ketones (excluding diaryl/α,β-unsaturated/α-hetero) is 1. The van der Waals surface area contributed by atoms with Gasteiger partial charge in [0.2, 0.25) is 0 Å². The average molecular weight is 456 g/mol. The molecule has 0 aromatic heterocycles. The van der Waals surface area contributed by atoms with Gasteiger partial charge in [-0.05, 0) is 55.7 Å². The van der Waals surface area contributed by atoms with Gasteiger partial charge in [0.1, 0.15) is 22.4 Å². The van der Waals surface area contributed by atoms with E-state index in [9.17, 15) is 14.7 Å². The second-order valence-electron chi connectivity index (χ2n) is 9.28. The molecule has 2 aliphatic heterocycles. The molecule has 170 valence electrons. The second-order valence-corrected chi connectivity index (χ2v) is 10.6. The molecule has 0 radical (unpaired) electrons. The summed E-state index contributed by atoms with van der Waals surface area (Å²) in [6.45, 7) is 2.86. The second kappa shape index (κ2) is 8.23. The maximum Gasteiger partial charge on any atom is 0.323 e. The Labute approximate surface area is 192 Å². The van der Waals surface area contributed by atoms with Crippen LogP contribution in [0.25, 0.3) is 0 Å². The quantitative estimate of drug-likeness (QED) is 0.712. The Morgan fingerprint density at radius 1 is 1.34 bits per heavy atom. The topological polar surface area (TPSA) is 91.2 Å². The van der Waals surface area contributed by atoms with E-state index in [-0.39, 0.29) is 23.8 Å². The van der Waals surface area contributed by atoms with Gasteiger partial charge in [-0.25, -0.2) is 9.79 Å². The maximum absolute atomic E-state index is 13.4. The zero-order valence-corrected chi connectivity index (χ0v) is 19.2. The van der Waals surface area contributed by atoms with Crippen LogP contribution in [0.15, 0.2) is 40.4 Å². The summed E-state index contributed by atoms with van der Waals surface area (Å²) in [6.07, 6.45) is 5.68. The summed E-state index contributed by atoms with van der Waals surface area (Å²) in [4.78, 5) is 32.7. The number of urea groups is 1. The number of nitrogens with one attached hydrogen (secondary N) is 1. The van der Waals surface area contributed by atoms with Crippen molar-refractivity contribution in [1.29, 1.82) is 0 Å². The predicted octanol–water partition coefficient (Wildman–Crippen LogP) is 3.13. The molecule has 7 nitrogen and oxygen atoms in total.